The molecule has 6 rings (SSSR count). The van der Waals surface area contributed by atoms with Gasteiger partial charge in [0.1, 0.15) is 11.5 Å². The molecule has 1 amide bonds. The van der Waals surface area contributed by atoms with Gasteiger partial charge in [0.2, 0.25) is 0 Å². The van der Waals surface area contributed by atoms with Crippen LogP contribution in [0.1, 0.15) is 40.2 Å². The molecule has 0 saturated carbocycles. The Kier molecular flexibility index (Phi) is 4.84. The Hall–Kier alpha value is -3.71. The minimum atomic E-state index is -0.0564. The fourth-order valence-corrected chi connectivity index (χ4v) is 5.12. The molecule has 166 valence electrons. The summed E-state index contributed by atoms with van der Waals surface area (Å²) < 4.78 is 2.01. The van der Waals surface area contributed by atoms with E-state index in [0.717, 1.165) is 65.2 Å². The zero-order chi connectivity index (χ0) is 22.4. The topological polar surface area (TPSA) is 83.9 Å². The first-order chi connectivity index (χ1) is 16.2. The van der Waals surface area contributed by atoms with Gasteiger partial charge in [-0.05, 0) is 78.4 Å². The summed E-state index contributed by atoms with van der Waals surface area (Å²) in [5.74, 6) is 1.26. The van der Waals surface area contributed by atoms with Gasteiger partial charge in [0.15, 0.2) is 0 Å². The predicted octanol–water partition coefficient (Wildman–Crippen LogP) is 4.09. The van der Waals surface area contributed by atoms with Crippen LogP contribution in [0.4, 0.5) is 11.5 Å². The van der Waals surface area contributed by atoms with Crippen LogP contribution in [0.25, 0.3) is 22.2 Å². The zero-order valence-electron chi connectivity index (χ0n) is 18.6. The molecule has 33 heavy (non-hydrogen) atoms. The van der Waals surface area contributed by atoms with Gasteiger partial charge in [-0.1, -0.05) is 12.1 Å². The molecule has 7 heteroatoms. The van der Waals surface area contributed by atoms with Gasteiger partial charge >= 0.3 is 0 Å². The Morgan fingerprint density at radius 3 is 2.73 bits per heavy atom. The third kappa shape index (κ3) is 3.45. The van der Waals surface area contributed by atoms with E-state index in [-0.39, 0.29) is 5.91 Å². The first kappa shape index (κ1) is 19.9. The van der Waals surface area contributed by atoms with Crippen molar-refractivity contribution in [2.75, 3.05) is 18.4 Å². The molecule has 0 aliphatic carbocycles. The Morgan fingerprint density at radius 2 is 1.91 bits per heavy atom. The third-order valence-electron chi connectivity index (χ3n) is 6.88. The van der Waals surface area contributed by atoms with Gasteiger partial charge < -0.3 is 20.5 Å². The second-order valence-corrected chi connectivity index (χ2v) is 8.85. The summed E-state index contributed by atoms with van der Waals surface area (Å²) in [5, 5.41) is 10.9. The van der Waals surface area contributed by atoms with E-state index in [1.165, 1.54) is 5.56 Å². The first-order valence-corrected chi connectivity index (χ1v) is 11.5. The average Bonchev–Trinajstić information content (AvgIpc) is 3.44. The van der Waals surface area contributed by atoms with Crippen LogP contribution in [0.2, 0.25) is 0 Å². The van der Waals surface area contributed by atoms with E-state index in [9.17, 15) is 4.79 Å². The SMILES string of the molecule is Cn1ccc2c(-c3ccc(Nc4ccc(C5CCNCC5)cn4)c4c3CNC4=O)ccnc21. The summed E-state index contributed by atoms with van der Waals surface area (Å²) in [6.45, 7) is 2.63. The molecule has 4 aromatic rings. The molecule has 5 heterocycles. The van der Waals surface area contributed by atoms with Crippen molar-refractivity contribution < 1.29 is 4.79 Å². The highest BCUT2D eigenvalue weighted by Gasteiger charge is 2.27. The summed E-state index contributed by atoms with van der Waals surface area (Å²) in [5.41, 5.74) is 6.84. The summed E-state index contributed by atoms with van der Waals surface area (Å²) in [7, 11) is 1.99. The fourth-order valence-electron chi connectivity index (χ4n) is 5.12. The molecule has 3 N–H and O–H groups in total. The lowest BCUT2D eigenvalue weighted by molar-refractivity contribution is 0.0966. The van der Waals surface area contributed by atoms with Crippen molar-refractivity contribution in [3.8, 4) is 11.1 Å². The van der Waals surface area contributed by atoms with Gasteiger partial charge in [-0.25, -0.2) is 9.97 Å². The molecule has 0 unspecified atom stereocenters. The van der Waals surface area contributed by atoms with Crippen LogP contribution >= 0.6 is 0 Å². The molecule has 3 aromatic heterocycles. The number of amides is 1. The number of aromatic nitrogens is 3. The van der Waals surface area contributed by atoms with Crippen LogP contribution in [0, 0.1) is 0 Å². The number of nitrogens with zero attached hydrogens (tertiary/aromatic N) is 3. The number of carbonyl (C=O) groups excluding carboxylic acids is 1. The van der Waals surface area contributed by atoms with Crippen molar-refractivity contribution in [1.82, 2.24) is 25.2 Å². The van der Waals surface area contributed by atoms with Crippen molar-refractivity contribution >= 4 is 28.4 Å². The number of hydrogen-bond acceptors (Lipinski definition) is 5. The van der Waals surface area contributed by atoms with Gasteiger partial charge in [-0.2, -0.15) is 0 Å². The maximum atomic E-state index is 12.8. The fraction of sp³-hybridized carbons (Fsp3) is 0.269. The number of anilines is 2. The van der Waals surface area contributed by atoms with E-state index >= 15 is 0 Å². The highest BCUT2D eigenvalue weighted by Crippen LogP contribution is 2.37. The van der Waals surface area contributed by atoms with Gasteiger partial charge in [0.25, 0.3) is 5.91 Å². The second-order valence-electron chi connectivity index (χ2n) is 8.85. The highest BCUT2D eigenvalue weighted by molar-refractivity contribution is 6.07. The third-order valence-corrected chi connectivity index (χ3v) is 6.88. The van der Waals surface area contributed by atoms with E-state index < -0.39 is 0 Å². The molecule has 2 aliphatic rings. The summed E-state index contributed by atoms with van der Waals surface area (Å²) >= 11 is 0. The molecule has 0 spiro atoms. The van der Waals surface area contributed by atoms with Crippen molar-refractivity contribution in [3.63, 3.8) is 0 Å². The lowest BCUT2D eigenvalue weighted by atomic mass is 9.91. The average molecular weight is 439 g/mol. The molecular formula is C26H26N6O. The standard InChI is InChI=1S/C26H26N6O/c1-32-13-9-20-19(8-12-28-25(20)32)18-3-4-22(24-21(18)15-30-26(24)33)31-23-5-2-17(14-29-23)16-6-10-27-11-7-16/h2-5,8-9,12-14,16,27H,6-7,10-11,15H2,1H3,(H,29,31)(H,30,33). The Labute approximate surface area is 192 Å². The van der Waals surface area contributed by atoms with Crippen molar-refractivity contribution in [3.05, 3.63) is 71.7 Å². The predicted molar refractivity (Wildman–Crippen MR) is 130 cm³/mol. The van der Waals surface area contributed by atoms with E-state index in [1.807, 2.05) is 48.4 Å². The Balaban J connectivity index is 1.35. The monoisotopic (exact) mass is 438 g/mol. The second kappa shape index (κ2) is 8.01. The summed E-state index contributed by atoms with van der Waals surface area (Å²) in [6, 6.07) is 12.3. The number of aryl methyl sites for hydroxylation is 1. The highest BCUT2D eigenvalue weighted by atomic mass is 16.1. The zero-order valence-corrected chi connectivity index (χ0v) is 18.6. The summed E-state index contributed by atoms with van der Waals surface area (Å²) in [4.78, 5) is 22.0. The van der Waals surface area contributed by atoms with Crippen LogP contribution < -0.4 is 16.0 Å². The summed E-state index contributed by atoms with van der Waals surface area (Å²) in [6.07, 6.45) is 8.10. The number of pyridine rings is 2. The first-order valence-electron chi connectivity index (χ1n) is 11.5. The van der Waals surface area contributed by atoms with E-state index in [4.69, 9.17) is 0 Å². The van der Waals surface area contributed by atoms with Gasteiger partial charge in [-0.3, -0.25) is 4.79 Å². The van der Waals surface area contributed by atoms with Gasteiger partial charge in [0.05, 0.1) is 11.3 Å². The number of rotatable bonds is 4. The van der Waals surface area contributed by atoms with Crippen LogP contribution in [-0.2, 0) is 13.6 Å². The molecule has 1 saturated heterocycles. The lowest BCUT2D eigenvalue weighted by Gasteiger charge is -2.22. The van der Waals surface area contributed by atoms with Crippen molar-refractivity contribution in [2.45, 2.75) is 25.3 Å². The van der Waals surface area contributed by atoms with Crippen LogP contribution in [0.15, 0.2) is 55.0 Å². The number of carbonyl (C=O) groups is 1. The number of fused-ring (bicyclic) bond motifs is 2. The molecule has 0 atom stereocenters. The molecular weight excluding hydrogens is 412 g/mol. The Morgan fingerprint density at radius 1 is 1.03 bits per heavy atom. The van der Waals surface area contributed by atoms with Crippen molar-refractivity contribution in [1.29, 1.82) is 0 Å². The lowest BCUT2D eigenvalue weighted by Crippen LogP contribution is -2.26. The van der Waals surface area contributed by atoms with E-state index in [2.05, 4.69) is 44.1 Å². The maximum Gasteiger partial charge on any atom is 0.254 e. The molecule has 2 aliphatic heterocycles. The van der Waals surface area contributed by atoms with Crippen LogP contribution in [-0.4, -0.2) is 33.5 Å². The van der Waals surface area contributed by atoms with Gasteiger partial charge in [-0.15, -0.1) is 0 Å². The van der Waals surface area contributed by atoms with Gasteiger partial charge in [0, 0.05) is 37.6 Å². The molecule has 1 fully saturated rings. The normalized spacial score (nSPS) is 16.1. The number of benzene rings is 1. The molecule has 1 aromatic carbocycles. The quantitative estimate of drug-likeness (QED) is 0.447. The number of nitrogens with one attached hydrogen (secondary N) is 3. The van der Waals surface area contributed by atoms with Crippen LogP contribution in [0.3, 0.4) is 0 Å². The minimum absolute atomic E-state index is 0.0564. The largest absolute Gasteiger partial charge is 0.348 e. The van der Waals surface area contributed by atoms with Crippen molar-refractivity contribution in [2.24, 2.45) is 7.05 Å². The number of hydrogen-bond donors (Lipinski definition) is 3. The Bertz CT molecular complexity index is 1350. The molecule has 0 bridgehead atoms. The molecule has 7 nitrogen and oxygen atoms in total. The van der Waals surface area contributed by atoms with E-state index in [0.29, 0.717) is 18.0 Å². The maximum absolute atomic E-state index is 12.8. The smallest absolute Gasteiger partial charge is 0.254 e. The van der Waals surface area contributed by atoms with E-state index in [1.54, 1.807) is 0 Å². The van der Waals surface area contributed by atoms with Crippen LogP contribution in [0.5, 0.6) is 0 Å². The molecule has 0 radical (unpaired) electrons. The number of piperidine rings is 1. The minimum Gasteiger partial charge on any atom is -0.348 e.